The number of allylic oxidation sites excluding steroid dienone is 4. The molecule has 0 aliphatic heterocycles. The monoisotopic (exact) mass is 382 g/mol. The average molecular weight is 383 g/mol. The molecule has 1 N–H and O–H groups in total. The molecule has 1 unspecified atom stereocenters. The second-order valence-corrected chi connectivity index (χ2v) is 6.08. The van der Waals surface area contributed by atoms with Crippen LogP contribution in [-0.2, 0) is 27.3 Å². The Bertz CT molecular complexity index is 730. The molecule has 0 fully saturated rings. The fourth-order valence-corrected chi connectivity index (χ4v) is 3.15. The summed E-state index contributed by atoms with van der Waals surface area (Å²) < 4.78 is 0. The Hall–Kier alpha value is -0.566. The van der Waals surface area contributed by atoms with Gasteiger partial charge >= 0.3 is 21.7 Å². The topological polar surface area (TPSA) is 20.2 Å². The number of rotatable bonds is 2. The summed E-state index contributed by atoms with van der Waals surface area (Å²) in [5, 5.41) is 13.0. The molecular formula is C19H20Cl2OTi. The minimum absolute atomic E-state index is 0. The standard InChI is InChI=1S/C19H20O.2ClH.Ti/c1-13-7-6-10-15(13)17-12-11-14-8-4-5-9-16(14)18(17)19(2,3)20;;;/h4-12,15,20H,1-3H3;2*1H;/q;;;+2/p-2. The molecule has 0 spiro atoms. The number of hydrogen-bond donors (Lipinski definition) is 1. The van der Waals surface area contributed by atoms with Gasteiger partial charge < -0.3 is 29.9 Å². The van der Waals surface area contributed by atoms with Crippen molar-refractivity contribution in [3.63, 3.8) is 0 Å². The van der Waals surface area contributed by atoms with E-state index in [1.54, 1.807) is 0 Å². The summed E-state index contributed by atoms with van der Waals surface area (Å²) >= 11 is 0. The first kappa shape index (κ1) is 22.4. The van der Waals surface area contributed by atoms with Gasteiger partial charge in [0.15, 0.2) is 0 Å². The minimum Gasteiger partial charge on any atom is -1.00 e. The van der Waals surface area contributed by atoms with E-state index >= 15 is 0 Å². The van der Waals surface area contributed by atoms with Gasteiger partial charge in [-0.25, -0.2) is 0 Å². The van der Waals surface area contributed by atoms with Crippen molar-refractivity contribution in [1.29, 1.82) is 0 Å². The first-order chi connectivity index (χ1) is 9.48. The van der Waals surface area contributed by atoms with Crippen LogP contribution in [0, 0.1) is 0 Å². The Kier molecular flexibility index (Phi) is 8.30. The molecule has 0 amide bonds. The summed E-state index contributed by atoms with van der Waals surface area (Å²) in [5.41, 5.74) is 2.72. The van der Waals surface area contributed by atoms with Gasteiger partial charge in [0, 0.05) is 5.92 Å². The summed E-state index contributed by atoms with van der Waals surface area (Å²) in [6.45, 7) is 5.89. The molecule has 0 saturated heterocycles. The minimum atomic E-state index is -0.854. The summed E-state index contributed by atoms with van der Waals surface area (Å²) in [6.07, 6.45) is 6.45. The summed E-state index contributed by atoms with van der Waals surface area (Å²) in [4.78, 5) is 0. The Balaban J connectivity index is 0.00000161. The van der Waals surface area contributed by atoms with Crippen LogP contribution in [0.4, 0.5) is 0 Å². The molecule has 1 aliphatic carbocycles. The molecule has 23 heavy (non-hydrogen) atoms. The quantitative estimate of drug-likeness (QED) is 0.638. The maximum atomic E-state index is 10.7. The summed E-state index contributed by atoms with van der Waals surface area (Å²) in [6, 6.07) is 12.6. The van der Waals surface area contributed by atoms with Crippen LogP contribution in [0.25, 0.3) is 10.8 Å². The summed E-state index contributed by atoms with van der Waals surface area (Å²) in [7, 11) is 0. The van der Waals surface area contributed by atoms with Gasteiger partial charge in [-0.3, -0.25) is 0 Å². The van der Waals surface area contributed by atoms with E-state index in [1.165, 1.54) is 16.5 Å². The van der Waals surface area contributed by atoms with Crippen LogP contribution >= 0.6 is 0 Å². The molecule has 1 aliphatic rings. The van der Waals surface area contributed by atoms with Crippen molar-refractivity contribution >= 4 is 10.8 Å². The smallest absolute Gasteiger partial charge is 1.00 e. The maximum Gasteiger partial charge on any atom is 2.00 e. The normalized spacial score (nSPS) is 16.2. The zero-order valence-electron chi connectivity index (χ0n) is 13.5. The Morgan fingerprint density at radius 3 is 2.22 bits per heavy atom. The summed E-state index contributed by atoms with van der Waals surface area (Å²) in [5.74, 6) is 0.279. The molecule has 3 rings (SSSR count). The van der Waals surface area contributed by atoms with Crippen molar-refractivity contribution in [2.75, 3.05) is 0 Å². The van der Waals surface area contributed by atoms with Gasteiger partial charge in [0.25, 0.3) is 0 Å². The van der Waals surface area contributed by atoms with Crippen molar-refractivity contribution in [2.24, 2.45) is 0 Å². The largest absolute Gasteiger partial charge is 2.00 e. The molecule has 0 radical (unpaired) electrons. The number of fused-ring (bicyclic) bond motifs is 1. The van der Waals surface area contributed by atoms with Crippen LogP contribution in [0.3, 0.4) is 0 Å². The third-order valence-electron chi connectivity index (χ3n) is 4.06. The van der Waals surface area contributed by atoms with Gasteiger partial charge in [0.1, 0.15) is 0 Å². The second kappa shape index (κ2) is 8.51. The first-order valence-corrected chi connectivity index (χ1v) is 7.08. The van der Waals surface area contributed by atoms with Gasteiger partial charge in [-0.2, -0.15) is 0 Å². The Morgan fingerprint density at radius 2 is 1.65 bits per heavy atom. The zero-order chi connectivity index (χ0) is 14.3. The van der Waals surface area contributed by atoms with Crippen LogP contribution < -0.4 is 24.8 Å². The van der Waals surface area contributed by atoms with Gasteiger partial charge in [0.05, 0.1) is 5.60 Å². The second-order valence-electron chi connectivity index (χ2n) is 6.08. The molecule has 1 atom stereocenters. The van der Waals surface area contributed by atoms with Crippen LogP contribution in [0.15, 0.2) is 60.2 Å². The van der Waals surface area contributed by atoms with Gasteiger partial charge in [-0.1, -0.05) is 60.2 Å². The molecular weight excluding hydrogens is 363 g/mol. The average Bonchev–Trinajstić information content (AvgIpc) is 2.82. The fraction of sp³-hybridized carbons (Fsp3) is 0.263. The van der Waals surface area contributed by atoms with Crippen LogP contribution in [0.1, 0.15) is 37.8 Å². The van der Waals surface area contributed by atoms with E-state index in [2.05, 4.69) is 49.4 Å². The molecule has 0 saturated carbocycles. The number of benzene rings is 2. The van der Waals surface area contributed by atoms with E-state index in [9.17, 15) is 5.11 Å². The molecule has 0 aromatic heterocycles. The van der Waals surface area contributed by atoms with Crippen molar-refractivity contribution in [2.45, 2.75) is 32.3 Å². The molecule has 1 nitrogen and oxygen atoms in total. The SMILES string of the molecule is CC1=CC=CC1c1ccc2ccccc2c1C(C)(C)O.[Cl-].[Cl-].[Ti+2]. The predicted molar refractivity (Wildman–Crippen MR) is 84.8 cm³/mol. The van der Waals surface area contributed by atoms with Gasteiger partial charge in [0.2, 0.25) is 0 Å². The zero-order valence-corrected chi connectivity index (χ0v) is 16.6. The number of aliphatic hydroxyl groups is 1. The van der Waals surface area contributed by atoms with E-state index in [-0.39, 0.29) is 52.4 Å². The van der Waals surface area contributed by atoms with Crippen molar-refractivity contribution in [1.82, 2.24) is 0 Å². The Morgan fingerprint density at radius 1 is 1.00 bits per heavy atom. The molecule has 0 bridgehead atoms. The fourth-order valence-electron chi connectivity index (χ4n) is 3.15. The van der Waals surface area contributed by atoms with Crippen molar-refractivity contribution in [3.8, 4) is 0 Å². The van der Waals surface area contributed by atoms with E-state index < -0.39 is 5.60 Å². The number of hydrogen-bond acceptors (Lipinski definition) is 1. The number of halogens is 2. The van der Waals surface area contributed by atoms with Gasteiger partial charge in [-0.05, 0) is 42.7 Å². The van der Waals surface area contributed by atoms with E-state index in [4.69, 9.17) is 0 Å². The van der Waals surface area contributed by atoms with Crippen molar-refractivity contribution < 1.29 is 51.6 Å². The molecule has 4 heteroatoms. The Labute approximate surface area is 165 Å². The third-order valence-corrected chi connectivity index (χ3v) is 4.06. The molecule has 0 heterocycles. The van der Waals surface area contributed by atoms with Crippen LogP contribution in [0.5, 0.6) is 0 Å². The first-order valence-electron chi connectivity index (χ1n) is 7.08. The molecule has 120 valence electrons. The predicted octanol–water partition coefficient (Wildman–Crippen LogP) is -1.33. The van der Waals surface area contributed by atoms with E-state index in [0.29, 0.717) is 0 Å². The van der Waals surface area contributed by atoms with Crippen LogP contribution in [0.2, 0.25) is 0 Å². The maximum absolute atomic E-state index is 10.7. The van der Waals surface area contributed by atoms with Crippen molar-refractivity contribution in [3.05, 3.63) is 71.3 Å². The van der Waals surface area contributed by atoms with E-state index in [0.717, 1.165) is 10.9 Å². The molecule has 2 aromatic carbocycles. The third kappa shape index (κ3) is 4.29. The van der Waals surface area contributed by atoms with E-state index in [1.807, 2.05) is 26.0 Å². The molecule has 2 aromatic rings. The van der Waals surface area contributed by atoms with Gasteiger partial charge in [-0.15, -0.1) is 0 Å². The van der Waals surface area contributed by atoms with Crippen LogP contribution in [-0.4, -0.2) is 5.11 Å².